The molecule has 2 heterocycles. The van der Waals surface area contributed by atoms with Crippen molar-refractivity contribution < 1.29 is 19.1 Å². The zero-order chi connectivity index (χ0) is 24.1. The molecule has 0 aliphatic carbocycles. The summed E-state index contributed by atoms with van der Waals surface area (Å²) in [5, 5.41) is 4.00. The highest BCUT2D eigenvalue weighted by Gasteiger charge is 2.26. The first kappa shape index (κ1) is 23.7. The van der Waals surface area contributed by atoms with E-state index < -0.39 is 0 Å². The number of piperidine rings is 1. The van der Waals surface area contributed by atoms with Gasteiger partial charge in [0.2, 0.25) is 5.91 Å². The normalized spacial score (nSPS) is 14.4. The van der Waals surface area contributed by atoms with Gasteiger partial charge in [0, 0.05) is 43.0 Å². The summed E-state index contributed by atoms with van der Waals surface area (Å²) in [6.07, 6.45) is 2.28. The number of nitrogens with zero attached hydrogens (tertiary/aromatic N) is 1. The largest absolute Gasteiger partial charge is 0.497 e. The van der Waals surface area contributed by atoms with E-state index in [-0.39, 0.29) is 23.8 Å². The van der Waals surface area contributed by atoms with Crippen LogP contribution in [0.4, 0.5) is 0 Å². The number of hydrogen-bond donors (Lipinski definition) is 2. The molecular weight excluding hydrogens is 430 g/mol. The van der Waals surface area contributed by atoms with Crippen LogP contribution in [0, 0.1) is 5.92 Å². The van der Waals surface area contributed by atoms with Gasteiger partial charge in [0.05, 0.1) is 13.2 Å². The molecule has 34 heavy (non-hydrogen) atoms. The maximum absolute atomic E-state index is 13.0. The highest BCUT2D eigenvalue weighted by molar-refractivity contribution is 5.98. The van der Waals surface area contributed by atoms with E-state index in [0.717, 1.165) is 40.8 Å². The smallest absolute Gasteiger partial charge is 0.270 e. The second-order valence-corrected chi connectivity index (χ2v) is 9.16. The Bertz CT molecular complexity index is 1130. The molecule has 7 nitrogen and oxygen atoms in total. The summed E-state index contributed by atoms with van der Waals surface area (Å²) < 4.78 is 10.9. The molecule has 2 aromatic carbocycles. The number of aromatic amines is 1. The first-order chi connectivity index (χ1) is 16.4. The van der Waals surface area contributed by atoms with Crippen molar-refractivity contribution >= 4 is 22.7 Å². The van der Waals surface area contributed by atoms with Gasteiger partial charge in [-0.05, 0) is 68.5 Å². The Morgan fingerprint density at radius 2 is 1.76 bits per heavy atom. The number of nitrogens with one attached hydrogen (secondary N) is 2. The summed E-state index contributed by atoms with van der Waals surface area (Å²) in [6.45, 7) is 5.81. The van der Waals surface area contributed by atoms with E-state index in [2.05, 4.69) is 10.3 Å². The van der Waals surface area contributed by atoms with Gasteiger partial charge in [-0.3, -0.25) is 9.59 Å². The van der Waals surface area contributed by atoms with Gasteiger partial charge in [0.25, 0.3) is 5.91 Å². The number of amides is 2. The molecule has 1 aromatic heterocycles. The zero-order valence-corrected chi connectivity index (χ0v) is 20.1. The minimum atomic E-state index is 0.00274. The Balaban J connectivity index is 1.22. The van der Waals surface area contributed by atoms with Gasteiger partial charge in [-0.25, -0.2) is 0 Å². The molecule has 0 radical (unpaired) electrons. The second-order valence-electron chi connectivity index (χ2n) is 9.16. The molecule has 2 amide bonds. The van der Waals surface area contributed by atoms with Crippen molar-refractivity contribution in [1.29, 1.82) is 0 Å². The van der Waals surface area contributed by atoms with Crippen molar-refractivity contribution in [2.45, 2.75) is 45.8 Å². The quantitative estimate of drug-likeness (QED) is 0.514. The summed E-state index contributed by atoms with van der Waals surface area (Å²) in [5.41, 5.74) is 2.52. The third-order valence-corrected chi connectivity index (χ3v) is 6.22. The molecule has 2 N–H and O–H groups in total. The molecule has 4 rings (SSSR count). The number of fused-ring (bicyclic) bond motifs is 1. The number of benzene rings is 2. The predicted octanol–water partition coefficient (Wildman–Crippen LogP) is 4.52. The van der Waals surface area contributed by atoms with Crippen molar-refractivity contribution in [3.8, 4) is 11.5 Å². The van der Waals surface area contributed by atoms with Crippen molar-refractivity contribution in [3.05, 3.63) is 59.8 Å². The van der Waals surface area contributed by atoms with Crippen LogP contribution in [-0.4, -0.2) is 48.0 Å². The van der Waals surface area contributed by atoms with E-state index in [9.17, 15) is 9.59 Å². The van der Waals surface area contributed by atoms with Gasteiger partial charge >= 0.3 is 0 Å². The molecule has 0 spiro atoms. The lowest BCUT2D eigenvalue weighted by molar-refractivity contribution is -0.122. The van der Waals surface area contributed by atoms with Crippen LogP contribution < -0.4 is 14.8 Å². The molecule has 180 valence electrons. The Morgan fingerprint density at radius 1 is 1.06 bits per heavy atom. The average molecular weight is 464 g/mol. The zero-order valence-electron chi connectivity index (χ0n) is 20.1. The van der Waals surface area contributed by atoms with Gasteiger partial charge in [0.15, 0.2) is 0 Å². The van der Waals surface area contributed by atoms with Crippen LogP contribution in [0.3, 0.4) is 0 Å². The molecule has 1 saturated heterocycles. The minimum absolute atomic E-state index is 0.00274. The van der Waals surface area contributed by atoms with E-state index in [1.54, 1.807) is 7.11 Å². The van der Waals surface area contributed by atoms with Crippen molar-refractivity contribution in [1.82, 2.24) is 15.2 Å². The van der Waals surface area contributed by atoms with Crippen LogP contribution >= 0.6 is 0 Å². The SMILES string of the molecule is COc1ccc2cc(C(=O)N3CCC(CC(=O)NCc4ccc(OC(C)C)cc4)CC3)[nH]c2c1. The lowest BCUT2D eigenvalue weighted by Crippen LogP contribution is -2.39. The second kappa shape index (κ2) is 10.6. The van der Waals surface area contributed by atoms with Crippen LogP contribution in [-0.2, 0) is 11.3 Å². The van der Waals surface area contributed by atoms with E-state index in [0.29, 0.717) is 31.7 Å². The average Bonchev–Trinajstić information content (AvgIpc) is 3.26. The summed E-state index contributed by atoms with van der Waals surface area (Å²) in [6, 6.07) is 15.4. The van der Waals surface area contributed by atoms with Gasteiger partial charge in [-0.15, -0.1) is 0 Å². The highest BCUT2D eigenvalue weighted by atomic mass is 16.5. The number of carbonyl (C=O) groups is 2. The molecule has 1 aliphatic rings. The van der Waals surface area contributed by atoms with Gasteiger partial charge in [0.1, 0.15) is 17.2 Å². The molecule has 1 fully saturated rings. The maximum atomic E-state index is 13.0. The fourth-order valence-corrected chi connectivity index (χ4v) is 4.35. The molecule has 7 heteroatoms. The first-order valence-electron chi connectivity index (χ1n) is 11.9. The van der Waals surface area contributed by atoms with E-state index in [1.165, 1.54) is 0 Å². The fraction of sp³-hybridized carbons (Fsp3) is 0.407. The van der Waals surface area contributed by atoms with Crippen LogP contribution in [0.15, 0.2) is 48.5 Å². The number of ether oxygens (including phenoxy) is 2. The molecule has 0 unspecified atom stereocenters. The summed E-state index contributed by atoms with van der Waals surface area (Å²) in [5.74, 6) is 1.93. The molecule has 0 saturated carbocycles. The third-order valence-electron chi connectivity index (χ3n) is 6.22. The number of likely N-dealkylation sites (tertiary alicyclic amines) is 1. The number of H-pyrrole nitrogens is 1. The Kier molecular flexibility index (Phi) is 7.40. The summed E-state index contributed by atoms with van der Waals surface area (Å²) in [7, 11) is 1.63. The predicted molar refractivity (Wildman–Crippen MR) is 132 cm³/mol. The van der Waals surface area contributed by atoms with Crippen LogP contribution in [0.5, 0.6) is 11.5 Å². The standard InChI is InChI=1S/C27H33N3O4/c1-18(2)34-22-7-4-20(5-8-22)17-28-26(31)14-19-10-12-30(13-11-19)27(32)25-15-21-6-9-23(33-3)16-24(21)29-25/h4-9,15-16,18-19,29H,10-14,17H2,1-3H3,(H,28,31). The lowest BCUT2D eigenvalue weighted by Gasteiger charge is -2.31. The number of aromatic nitrogens is 1. The van der Waals surface area contributed by atoms with Crippen molar-refractivity contribution in [2.24, 2.45) is 5.92 Å². The maximum Gasteiger partial charge on any atom is 0.270 e. The van der Waals surface area contributed by atoms with E-state index >= 15 is 0 Å². The van der Waals surface area contributed by atoms with Gasteiger partial charge < -0.3 is 24.7 Å². The Labute approximate surface area is 200 Å². The number of hydrogen-bond acceptors (Lipinski definition) is 4. The molecule has 3 aromatic rings. The Morgan fingerprint density at radius 3 is 2.44 bits per heavy atom. The topological polar surface area (TPSA) is 83.7 Å². The monoisotopic (exact) mass is 463 g/mol. The first-order valence-corrected chi connectivity index (χ1v) is 11.9. The number of rotatable bonds is 8. The minimum Gasteiger partial charge on any atom is -0.497 e. The third kappa shape index (κ3) is 5.90. The van der Waals surface area contributed by atoms with Gasteiger partial charge in [-0.1, -0.05) is 12.1 Å². The van der Waals surface area contributed by atoms with Gasteiger partial charge in [-0.2, -0.15) is 0 Å². The lowest BCUT2D eigenvalue weighted by atomic mass is 9.93. The van der Waals surface area contributed by atoms with Crippen molar-refractivity contribution in [3.63, 3.8) is 0 Å². The summed E-state index contributed by atoms with van der Waals surface area (Å²) >= 11 is 0. The molecule has 0 atom stereocenters. The van der Waals surface area contributed by atoms with E-state index in [1.807, 2.05) is 67.3 Å². The van der Waals surface area contributed by atoms with Crippen molar-refractivity contribution in [2.75, 3.05) is 20.2 Å². The molecular formula is C27H33N3O4. The molecule has 0 bridgehead atoms. The summed E-state index contributed by atoms with van der Waals surface area (Å²) in [4.78, 5) is 30.5. The highest BCUT2D eigenvalue weighted by Crippen LogP contribution is 2.25. The van der Waals surface area contributed by atoms with Crippen LogP contribution in [0.25, 0.3) is 10.9 Å². The number of methoxy groups -OCH3 is 1. The Hall–Kier alpha value is -3.48. The fourth-order valence-electron chi connectivity index (χ4n) is 4.35. The molecule has 1 aliphatic heterocycles. The van der Waals surface area contributed by atoms with Crippen LogP contribution in [0.2, 0.25) is 0 Å². The van der Waals surface area contributed by atoms with Crippen LogP contribution in [0.1, 0.15) is 49.2 Å². The number of carbonyl (C=O) groups excluding carboxylic acids is 2. The van der Waals surface area contributed by atoms with E-state index in [4.69, 9.17) is 9.47 Å².